The van der Waals surface area contributed by atoms with Gasteiger partial charge in [0.15, 0.2) is 0 Å². The van der Waals surface area contributed by atoms with Gasteiger partial charge in [-0.1, -0.05) is 156 Å². The number of nitrogens with zero attached hydrogens (tertiary/aromatic N) is 3. The molecule has 0 saturated heterocycles. The number of aromatic nitrogens is 3. The molecule has 3 nitrogen and oxygen atoms in total. The molecule has 0 atom stereocenters. The summed E-state index contributed by atoms with van der Waals surface area (Å²) in [6, 6.07) is 52.2. The molecule has 0 aliphatic carbocycles. The first kappa shape index (κ1) is 42.5. The van der Waals surface area contributed by atoms with Gasteiger partial charge < -0.3 is 9.55 Å². The molecule has 4 heteroatoms. The third-order valence-electron chi connectivity index (χ3n) is 12.3. The summed E-state index contributed by atoms with van der Waals surface area (Å²) >= 11 is 0. The van der Waals surface area contributed by atoms with Crippen molar-refractivity contribution in [3.8, 4) is 39.2 Å². The van der Waals surface area contributed by atoms with Gasteiger partial charge in [0.2, 0.25) is 0 Å². The van der Waals surface area contributed by atoms with Crippen molar-refractivity contribution in [1.29, 1.82) is 0 Å². The second kappa shape index (κ2) is 15.0. The van der Waals surface area contributed by atoms with Crippen molar-refractivity contribution in [2.45, 2.75) is 105 Å². The first-order valence-electron chi connectivity index (χ1n) is 21.4. The van der Waals surface area contributed by atoms with E-state index in [0.29, 0.717) is 0 Å². The molecular weight excluding hydrogens is 924 g/mol. The van der Waals surface area contributed by atoms with Crippen LogP contribution in [0.25, 0.3) is 82.9 Å². The number of hydrogen-bond donors (Lipinski definition) is 0. The maximum Gasteiger partial charge on any atom is 3.00 e. The average molecular weight is 980 g/mol. The van der Waals surface area contributed by atoms with Crippen LogP contribution in [0.4, 0.5) is 0 Å². The molecule has 6 aromatic carbocycles. The SMILES string of the molecule is CC(C)(C)c1c[c-]c(-c2[c-]c(-n3c4ccccc4c4ccc(-c5cc(C(C)(C)C)cc6c5[n-]c5ccc(C(C)(C)C)cc56)nc43)cc(-c3ccc(C(C)(C)C)cc3)c2)cc1.[Au+3]. The van der Waals surface area contributed by atoms with E-state index in [0.717, 1.165) is 72.2 Å². The summed E-state index contributed by atoms with van der Waals surface area (Å²) in [4.78, 5) is 11.0. The van der Waals surface area contributed by atoms with Gasteiger partial charge in [0.25, 0.3) is 0 Å². The van der Waals surface area contributed by atoms with E-state index >= 15 is 0 Å². The molecule has 0 radical (unpaired) electrons. The maximum absolute atomic E-state index is 5.64. The second-order valence-corrected chi connectivity index (χ2v) is 20.9. The first-order valence-corrected chi connectivity index (χ1v) is 21.4. The minimum absolute atomic E-state index is 0. The Kier molecular flexibility index (Phi) is 10.5. The minimum Gasteiger partial charge on any atom is -0.656 e. The molecule has 0 unspecified atom stereocenters. The molecule has 0 spiro atoms. The molecule has 61 heavy (non-hydrogen) atoms. The van der Waals surface area contributed by atoms with Gasteiger partial charge in [-0.15, -0.1) is 28.2 Å². The Bertz CT molecular complexity index is 3020. The predicted molar refractivity (Wildman–Crippen MR) is 256 cm³/mol. The van der Waals surface area contributed by atoms with Crippen molar-refractivity contribution in [2.75, 3.05) is 0 Å². The molecule has 3 aromatic heterocycles. The fraction of sp³-hybridized carbons (Fsp3) is 0.281. The van der Waals surface area contributed by atoms with Crippen LogP contribution < -0.4 is 4.98 Å². The number of pyridine rings is 1. The van der Waals surface area contributed by atoms with E-state index in [-0.39, 0.29) is 44.0 Å². The van der Waals surface area contributed by atoms with Gasteiger partial charge in [0, 0.05) is 10.8 Å². The van der Waals surface area contributed by atoms with Crippen LogP contribution in [0, 0.1) is 12.1 Å². The molecular formula is C57H56AuN3. The summed E-state index contributed by atoms with van der Waals surface area (Å²) in [5.41, 5.74) is 16.3. The number of para-hydroxylation sites is 1. The zero-order chi connectivity index (χ0) is 42.5. The maximum atomic E-state index is 5.64. The van der Waals surface area contributed by atoms with Crippen molar-refractivity contribution in [3.63, 3.8) is 0 Å². The smallest absolute Gasteiger partial charge is 0.656 e. The van der Waals surface area contributed by atoms with Gasteiger partial charge >= 0.3 is 22.4 Å². The van der Waals surface area contributed by atoms with E-state index in [2.05, 4.69) is 221 Å². The van der Waals surface area contributed by atoms with Crippen molar-refractivity contribution < 1.29 is 22.4 Å². The van der Waals surface area contributed by atoms with E-state index < -0.39 is 0 Å². The van der Waals surface area contributed by atoms with E-state index in [1.807, 2.05) is 0 Å². The summed E-state index contributed by atoms with van der Waals surface area (Å²) in [6.45, 7) is 27.2. The molecule has 0 saturated carbocycles. The van der Waals surface area contributed by atoms with Crippen molar-refractivity contribution in [2.24, 2.45) is 0 Å². The molecule has 9 aromatic rings. The van der Waals surface area contributed by atoms with E-state index in [1.54, 1.807) is 0 Å². The van der Waals surface area contributed by atoms with Gasteiger partial charge in [0.05, 0.1) is 11.2 Å². The van der Waals surface area contributed by atoms with Gasteiger partial charge in [-0.25, -0.2) is 16.1 Å². The average Bonchev–Trinajstić information content (AvgIpc) is 3.74. The fourth-order valence-electron chi connectivity index (χ4n) is 8.47. The normalized spacial score (nSPS) is 12.8. The number of fused-ring (bicyclic) bond motifs is 6. The zero-order valence-electron chi connectivity index (χ0n) is 37.7. The molecule has 0 aliphatic heterocycles. The summed E-state index contributed by atoms with van der Waals surface area (Å²) in [5.74, 6) is 0. The van der Waals surface area contributed by atoms with Crippen molar-refractivity contribution >= 4 is 43.7 Å². The van der Waals surface area contributed by atoms with Crippen LogP contribution in [-0.4, -0.2) is 9.55 Å². The van der Waals surface area contributed by atoms with Gasteiger partial charge in [-0.05, 0) is 84.1 Å². The van der Waals surface area contributed by atoms with Gasteiger partial charge in [-0.3, -0.25) is 0 Å². The molecule has 0 N–H and O–H groups in total. The fourth-order valence-corrected chi connectivity index (χ4v) is 8.47. The Balaban J connectivity index is 0.00000514. The zero-order valence-corrected chi connectivity index (χ0v) is 39.9. The Morgan fingerprint density at radius 2 is 1.15 bits per heavy atom. The van der Waals surface area contributed by atoms with Crippen LogP contribution in [0.2, 0.25) is 0 Å². The van der Waals surface area contributed by atoms with Crippen LogP contribution in [0.1, 0.15) is 105 Å². The van der Waals surface area contributed by atoms with Crippen molar-refractivity contribution in [3.05, 3.63) is 156 Å². The van der Waals surface area contributed by atoms with E-state index in [1.165, 1.54) is 33.0 Å². The van der Waals surface area contributed by atoms with Gasteiger partial charge in [0.1, 0.15) is 5.65 Å². The summed E-state index contributed by atoms with van der Waals surface area (Å²) in [5, 5.41) is 4.63. The quantitative estimate of drug-likeness (QED) is 0.130. The monoisotopic (exact) mass is 979 g/mol. The molecule has 0 fully saturated rings. The second-order valence-electron chi connectivity index (χ2n) is 20.9. The first-order chi connectivity index (χ1) is 28.2. The summed E-state index contributed by atoms with van der Waals surface area (Å²) in [7, 11) is 0. The van der Waals surface area contributed by atoms with Crippen LogP contribution in [0.5, 0.6) is 0 Å². The minimum atomic E-state index is -0.0772. The number of rotatable bonds is 4. The number of benzene rings is 6. The molecule has 0 amide bonds. The molecule has 9 rings (SSSR count). The third-order valence-corrected chi connectivity index (χ3v) is 12.3. The Morgan fingerprint density at radius 1 is 0.508 bits per heavy atom. The molecule has 0 aliphatic rings. The topological polar surface area (TPSA) is 31.9 Å². The largest absolute Gasteiger partial charge is 3.00 e. The van der Waals surface area contributed by atoms with Crippen LogP contribution in [0.15, 0.2) is 121 Å². The summed E-state index contributed by atoms with van der Waals surface area (Å²) in [6.07, 6.45) is 0. The predicted octanol–water partition coefficient (Wildman–Crippen LogP) is 15.2. The van der Waals surface area contributed by atoms with Crippen LogP contribution in [0.3, 0.4) is 0 Å². The molecule has 310 valence electrons. The standard InChI is InChI=1S/C57H56N3.Au/c1-54(2,3)39-21-17-35(18-22-39)37-29-38(36-19-23-40(24-20-36)55(4,5)6)31-43(30-37)60-51-16-14-13-15-44(51)45-26-28-50(59-53(45)60)48-34-42(57(10,11)12)33-47-46-32-41(56(7,8)9)25-27-49(46)58-52(47)48;/h13-19,21-30,32-34H,1-12H3;/q-3;+3. The molecule has 3 heterocycles. The Hall–Kier alpha value is -5.19. The Labute approximate surface area is 378 Å². The van der Waals surface area contributed by atoms with E-state index in [4.69, 9.17) is 9.97 Å². The number of hydrogen-bond acceptors (Lipinski definition) is 1. The Morgan fingerprint density at radius 3 is 1.80 bits per heavy atom. The third kappa shape index (κ3) is 7.82. The van der Waals surface area contributed by atoms with Gasteiger partial charge in [-0.2, -0.15) is 36.4 Å². The molecule has 0 bridgehead atoms. The van der Waals surface area contributed by atoms with Crippen LogP contribution in [-0.2, 0) is 44.0 Å². The van der Waals surface area contributed by atoms with E-state index in [9.17, 15) is 0 Å². The van der Waals surface area contributed by atoms with Crippen LogP contribution >= 0.6 is 0 Å². The van der Waals surface area contributed by atoms with Crippen molar-refractivity contribution in [1.82, 2.24) is 14.5 Å². The summed E-state index contributed by atoms with van der Waals surface area (Å²) < 4.78 is 2.31.